The van der Waals surface area contributed by atoms with Crippen LogP contribution in [0.2, 0.25) is 0 Å². The van der Waals surface area contributed by atoms with E-state index in [0.29, 0.717) is 13.1 Å². The lowest BCUT2D eigenvalue weighted by molar-refractivity contribution is 0.216. The van der Waals surface area contributed by atoms with E-state index in [2.05, 4.69) is 31.2 Å². The van der Waals surface area contributed by atoms with Crippen molar-refractivity contribution >= 4 is 17.0 Å². The number of hydrogen-bond donors (Lipinski definition) is 0. The van der Waals surface area contributed by atoms with Crippen LogP contribution in [0.1, 0.15) is 29.2 Å². The number of carbonyl (C=O) groups is 1. The first-order valence-corrected chi connectivity index (χ1v) is 7.54. The number of hydrogen-bond acceptors (Lipinski definition) is 1. The summed E-state index contributed by atoms with van der Waals surface area (Å²) in [5.74, 6) is 0. The highest BCUT2D eigenvalue weighted by atomic mass is 35.5. The summed E-state index contributed by atoms with van der Waals surface area (Å²) in [6.07, 6.45) is 1.02. The molecule has 0 aliphatic carbocycles. The van der Waals surface area contributed by atoms with Gasteiger partial charge in [0, 0.05) is 13.1 Å². The molecule has 0 fully saturated rings. The monoisotopic (exact) mass is 301 g/mol. The first-order valence-electron chi connectivity index (χ1n) is 7.16. The van der Waals surface area contributed by atoms with Crippen LogP contribution in [0.15, 0.2) is 48.5 Å². The SMILES string of the molecule is CCc1ccc(CN(Cc2ccc(C)cc2)C(=O)Cl)cc1. The van der Waals surface area contributed by atoms with Crippen LogP contribution < -0.4 is 0 Å². The number of rotatable bonds is 5. The molecule has 0 aliphatic heterocycles. The van der Waals surface area contributed by atoms with Crippen LogP contribution in [0.4, 0.5) is 4.79 Å². The Morgan fingerprint density at radius 2 is 1.33 bits per heavy atom. The summed E-state index contributed by atoms with van der Waals surface area (Å²) in [5, 5.41) is -0.421. The second-order valence-corrected chi connectivity index (χ2v) is 5.59. The molecule has 110 valence electrons. The van der Waals surface area contributed by atoms with E-state index in [1.807, 2.05) is 31.2 Å². The summed E-state index contributed by atoms with van der Waals surface area (Å²) in [6, 6.07) is 16.5. The second-order valence-electron chi connectivity index (χ2n) is 5.26. The Hall–Kier alpha value is -1.80. The molecule has 2 aromatic rings. The van der Waals surface area contributed by atoms with Gasteiger partial charge in [-0.2, -0.15) is 0 Å². The van der Waals surface area contributed by atoms with Crippen LogP contribution in [0.5, 0.6) is 0 Å². The van der Waals surface area contributed by atoms with Gasteiger partial charge in [-0.15, -0.1) is 0 Å². The van der Waals surface area contributed by atoms with Gasteiger partial charge in [0.25, 0.3) is 0 Å². The lowest BCUT2D eigenvalue weighted by atomic mass is 10.1. The largest absolute Gasteiger partial charge is 0.321 e. The van der Waals surface area contributed by atoms with Crippen LogP contribution in [0.3, 0.4) is 0 Å². The van der Waals surface area contributed by atoms with Crippen LogP contribution in [0.25, 0.3) is 0 Å². The van der Waals surface area contributed by atoms with Crippen LogP contribution in [-0.2, 0) is 19.5 Å². The van der Waals surface area contributed by atoms with E-state index >= 15 is 0 Å². The molecule has 0 saturated carbocycles. The Labute approximate surface area is 131 Å². The van der Waals surface area contributed by atoms with Crippen molar-refractivity contribution in [3.63, 3.8) is 0 Å². The van der Waals surface area contributed by atoms with Gasteiger partial charge < -0.3 is 4.90 Å². The fourth-order valence-corrected chi connectivity index (χ4v) is 2.31. The number of nitrogens with zero attached hydrogens (tertiary/aromatic N) is 1. The summed E-state index contributed by atoms with van der Waals surface area (Å²) in [4.78, 5) is 13.3. The highest BCUT2D eigenvalue weighted by molar-refractivity contribution is 6.62. The van der Waals surface area contributed by atoms with Crippen molar-refractivity contribution in [2.45, 2.75) is 33.4 Å². The molecule has 0 heterocycles. The summed E-state index contributed by atoms with van der Waals surface area (Å²) < 4.78 is 0. The molecule has 0 radical (unpaired) electrons. The Morgan fingerprint density at radius 3 is 1.76 bits per heavy atom. The van der Waals surface area contributed by atoms with Crippen molar-refractivity contribution in [2.75, 3.05) is 0 Å². The van der Waals surface area contributed by atoms with Gasteiger partial charge >= 0.3 is 5.37 Å². The van der Waals surface area contributed by atoms with E-state index in [1.54, 1.807) is 4.90 Å². The molecule has 2 aromatic carbocycles. The van der Waals surface area contributed by atoms with Crippen LogP contribution in [-0.4, -0.2) is 10.3 Å². The maximum atomic E-state index is 11.6. The number of benzene rings is 2. The number of amides is 1. The first kappa shape index (κ1) is 15.6. The van der Waals surface area contributed by atoms with Gasteiger partial charge in [0.15, 0.2) is 0 Å². The minimum absolute atomic E-state index is 0.421. The molecule has 2 nitrogen and oxygen atoms in total. The fourth-order valence-electron chi connectivity index (χ4n) is 2.19. The number of carbonyl (C=O) groups excluding carboxylic acids is 1. The molecule has 1 amide bonds. The van der Waals surface area contributed by atoms with Gasteiger partial charge in [-0.05, 0) is 41.6 Å². The third-order valence-electron chi connectivity index (χ3n) is 3.55. The molecule has 2 rings (SSSR count). The lowest BCUT2D eigenvalue weighted by Gasteiger charge is -2.20. The van der Waals surface area contributed by atoms with Gasteiger partial charge in [0.2, 0.25) is 0 Å². The zero-order valence-corrected chi connectivity index (χ0v) is 13.2. The molecule has 0 atom stereocenters. The van der Waals surface area contributed by atoms with Crippen molar-refractivity contribution in [2.24, 2.45) is 0 Å². The lowest BCUT2D eigenvalue weighted by Crippen LogP contribution is -2.25. The van der Waals surface area contributed by atoms with E-state index in [0.717, 1.165) is 17.5 Å². The quantitative estimate of drug-likeness (QED) is 0.567. The molecule has 0 saturated heterocycles. The van der Waals surface area contributed by atoms with E-state index in [-0.39, 0.29) is 0 Å². The number of aryl methyl sites for hydroxylation is 2. The van der Waals surface area contributed by atoms with Crippen molar-refractivity contribution in [3.05, 3.63) is 70.8 Å². The van der Waals surface area contributed by atoms with Crippen LogP contribution in [0, 0.1) is 6.92 Å². The summed E-state index contributed by atoms with van der Waals surface area (Å²) in [5.41, 5.74) is 4.67. The molecule has 0 aliphatic rings. The number of halogens is 1. The molecule has 0 bridgehead atoms. The molecule has 0 unspecified atom stereocenters. The summed E-state index contributed by atoms with van der Waals surface area (Å²) in [6.45, 7) is 5.23. The molecular weight excluding hydrogens is 282 g/mol. The highest BCUT2D eigenvalue weighted by Gasteiger charge is 2.12. The van der Waals surface area contributed by atoms with Gasteiger partial charge in [0.05, 0.1) is 0 Å². The maximum Gasteiger partial charge on any atom is 0.316 e. The Morgan fingerprint density at radius 1 is 0.905 bits per heavy atom. The van der Waals surface area contributed by atoms with Crippen molar-refractivity contribution in [3.8, 4) is 0 Å². The van der Waals surface area contributed by atoms with Gasteiger partial charge in [0.1, 0.15) is 0 Å². The topological polar surface area (TPSA) is 20.3 Å². The average molecular weight is 302 g/mol. The Bertz CT molecular complexity index is 590. The van der Waals surface area contributed by atoms with E-state index in [1.165, 1.54) is 11.1 Å². The fraction of sp³-hybridized carbons (Fsp3) is 0.278. The van der Waals surface area contributed by atoms with Gasteiger partial charge in [-0.1, -0.05) is 61.0 Å². The van der Waals surface area contributed by atoms with Crippen molar-refractivity contribution in [1.29, 1.82) is 0 Å². The molecule has 0 spiro atoms. The Kier molecular flexibility index (Phi) is 5.40. The van der Waals surface area contributed by atoms with Gasteiger partial charge in [-0.25, -0.2) is 0 Å². The van der Waals surface area contributed by atoms with E-state index in [4.69, 9.17) is 11.6 Å². The molecule has 0 N–H and O–H groups in total. The average Bonchev–Trinajstić information content (AvgIpc) is 2.49. The molecule has 21 heavy (non-hydrogen) atoms. The standard InChI is InChI=1S/C18H20ClNO/c1-3-15-8-10-17(11-9-15)13-20(18(19)21)12-16-6-4-14(2)5-7-16/h4-11H,3,12-13H2,1-2H3. The Balaban J connectivity index is 2.07. The second kappa shape index (κ2) is 7.28. The minimum atomic E-state index is -0.421. The summed E-state index contributed by atoms with van der Waals surface area (Å²) >= 11 is 5.72. The maximum absolute atomic E-state index is 11.6. The minimum Gasteiger partial charge on any atom is -0.321 e. The van der Waals surface area contributed by atoms with E-state index in [9.17, 15) is 4.79 Å². The zero-order valence-electron chi connectivity index (χ0n) is 12.5. The van der Waals surface area contributed by atoms with E-state index < -0.39 is 5.37 Å². The normalized spacial score (nSPS) is 10.4. The van der Waals surface area contributed by atoms with Crippen molar-refractivity contribution in [1.82, 2.24) is 4.90 Å². The molecular formula is C18H20ClNO. The van der Waals surface area contributed by atoms with Crippen molar-refractivity contribution < 1.29 is 4.79 Å². The molecule has 3 heteroatoms. The van der Waals surface area contributed by atoms with Crippen LogP contribution >= 0.6 is 11.6 Å². The molecule has 0 aromatic heterocycles. The first-order chi connectivity index (χ1) is 10.1. The predicted octanol–water partition coefficient (Wildman–Crippen LogP) is 4.92. The third-order valence-corrected chi connectivity index (χ3v) is 3.79. The third kappa shape index (κ3) is 4.61. The zero-order chi connectivity index (χ0) is 15.2. The summed E-state index contributed by atoms with van der Waals surface area (Å²) in [7, 11) is 0. The highest BCUT2D eigenvalue weighted by Crippen LogP contribution is 2.14. The van der Waals surface area contributed by atoms with Gasteiger partial charge in [-0.3, -0.25) is 4.79 Å². The predicted molar refractivity (Wildman–Crippen MR) is 87.5 cm³/mol. The smallest absolute Gasteiger partial charge is 0.316 e.